The van der Waals surface area contributed by atoms with E-state index in [-0.39, 0.29) is 28.8 Å². The minimum Gasteiger partial charge on any atom is -0.451 e. The maximum Gasteiger partial charge on any atom is 0.416 e. The molecule has 0 saturated heterocycles. The van der Waals surface area contributed by atoms with Gasteiger partial charge in [0.15, 0.2) is 6.61 Å². The topological polar surface area (TPSA) is 100 Å². The molecular formula is C21H15F3N4O4S. The van der Waals surface area contributed by atoms with Crippen LogP contribution in [0.5, 0.6) is 0 Å². The Morgan fingerprint density at radius 2 is 2.00 bits per heavy atom. The molecule has 1 aromatic carbocycles. The van der Waals surface area contributed by atoms with Crippen molar-refractivity contribution >= 4 is 27.5 Å². The van der Waals surface area contributed by atoms with Gasteiger partial charge in [-0.25, -0.2) is 9.78 Å². The number of hydrogen-bond acceptors (Lipinski definition) is 8. The first-order chi connectivity index (χ1) is 15.7. The maximum atomic E-state index is 12.8. The number of thiophene rings is 1. The fourth-order valence-electron chi connectivity index (χ4n) is 3.70. The van der Waals surface area contributed by atoms with Crippen molar-refractivity contribution in [3.8, 4) is 11.4 Å². The van der Waals surface area contributed by atoms with Crippen molar-refractivity contribution in [3.05, 3.63) is 62.3 Å². The number of alkyl halides is 3. The van der Waals surface area contributed by atoms with Gasteiger partial charge in [-0.15, -0.1) is 11.3 Å². The predicted octanol–water partition coefficient (Wildman–Crippen LogP) is 4.14. The summed E-state index contributed by atoms with van der Waals surface area (Å²) in [6.45, 7) is 1.96. The summed E-state index contributed by atoms with van der Waals surface area (Å²) in [6, 6.07) is 4.30. The average Bonchev–Trinajstić information content (AvgIpc) is 3.51. The molecule has 0 N–H and O–H groups in total. The lowest BCUT2D eigenvalue weighted by molar-refractivity contribution is -0.137. The number of hydrogen-bond donors (Lipinski definition) is 0. The first-order valence-electron chi connectivity index (χ1n) is 9.92. The molecule has 5 rings (SSSR count). The Morgan fingerprint density at radius 1 is 1.24 bits per heavy atom. The Hall–Kier alpha value is -3.54. The van der Waals surface area contributed by atoms with Crippen LogP contribution in [0.15, 0.2) is 33.6 Å². The molecule has 0 fully saturated rings. The smallest absolute Gasteiger partial charge is 0.416 e. The molecule has 4 heterocycles. The Bertz CT molecular complexity index is 1440. The molecule has 1 aliphatic rings. The number of aryl methyl sites for hydroxylation is 2. The number of rotatable bonds is 4. The molecule has 0 saturated carbocycles. The van der Waals surface area contributed by atoms with E-state index in [0.717, 1.165) is 42.1 Å². The molecule has 0 unspecified atom stereocenters. The second kappa shape index (κ2) is 7.80. The van der Waals surface area contributed by atoms with Crippen LogP contribution in [0.4, 0.5) is 13.2 Å². The van der Waals surface area contributed by atoms with Crippen molar-refractivity contribution in [2.45, 2.75) is 39.1 Å². The normalized spacial score (nSPS) is 13.5. The fourth-order valence-corrected chi connectivity index (χ4v) is 4.79. The molecule has 4 aromatic rings. The Morgan fingerprint density at radius 3 is 2.73 bits per heavy atom. The zero-order chi connectivity index (χ0) is 23.3. The summed E-state index contributed by atoms with van der Waals surface area (Å²) in [7, 11) is 0. The lowest BCUT2D eigenvalue weighted by atomic mass is 10.1. The summed E-state index contributed by atoms with van der Waals surface area (Å²) in [5, 5.41) is 4.13. The van der Waals surface area contributed by atoms with E-state index in [1.807, 2.05) is 0 Å². The molecule has 0 amide bonds. The van der Waals surface area contributed by atoms with Crippen LogP contribution in [0.2, 0.25) is 0 Å². The molecule has 0 bridgehead atoms. The number of aromatic nitrogens is 4. The number of halogens is 3. The molecule has 0 aliphatic carbocycles. The van der Waals surface area contributed by atoms with Gasteiger partial charge in [-0.05, 0) is 31.0 Å². The van der Waals surface area contributed by atoms with Crippen molar-refractivity contribution in [1.82, 2.24) is 19.7 Å². The third kappa shape index (κ3) is 3.80. The minimum absolute atomic E-state index is 0.0193. The average molecular weight is 476 g/mol. The van der Waals surface area contributed by atoms with Crippen LogP contribution in [0.3, 0.4) is 0 Å². The van der Waals surface area contributed by atoms with Crippen molar-refractivity contribution in [3.63, 3.8) is 0 Å². The molecular weight excluding hydrogens is 461 g/mol. The van der Waals surface area contributed by atoms with Crippen LogP contribution in [-0.2, 0) is 30.5 Å². The van der Waals surface area contributed by atoms with Gasteiger partial charge in [0, 0.05) is 18.5 Å². The zero-order valence-electron chi connectivity index (χ0n) is 17.1. The molecule has 3 aromatic heterocycles. The molecule has 33 heavy (non-hydrogen) atoms. The fraction of sp³-hybridized carbons (Fsp3) is 0.286. The molecule has 0 radical (unpaired) electrons. The number of fused-ring (bicyclic) bond motifs is 2. The lowest BCUT2D eigenvalue weighted by Crippen LogP contribution is -2.20. The maximum absolute atomic E-state index is 12.8. The summed E-state index contributed by atoms with van der Waals surface area (Å²) in [5.41, 5.74) is -0.111. The van der Waals surface area contributed by atoms with Gasteiger partial charge in [0.05, 0.1) is 10.9 Å². The number of carbonyl (C=O) groups is 1. The molecule has 12 heteroatoms. The standard InChI is InChI=1S/C21H15F3N4O4S/c1-10-15-18(25-13-3-2-8-28(13)19(15)29)33-16(10)20(30)31-9-14-26-17(27-32-14)11-4-6-12(7-5-11)21(22,23)24/h4-7H,2-3,8-9H2,1H3. The summed E-state index contributed by atoms with van der Waals surface area (Å²) >= 11 is 1.10. The van der Waals surface area contributed by atoms with Gasteiger partial charge in [0.25, 0.3) is 11.4 Å². The van der Waals surface area contributed by atoms with E-state index in [1.54, 1.807) is 11.5 Å². The summed E-state index contributed by atoms with van der Waals surface area (Å²) in [5.74, 6) is 0.110. The highest BCUT2D eigenvalue weighted by molar-refractivity contribution is 7.20. The highest BCUT2D eigenvalue weighted by Gasteiger charge is 2.30. The molecule has 0 spiro atoms. The number of ether oxygens (including phenoxy) is 1. The third-order valence-corrected chi connectivity index (χ3v) is 6.53. The second-order valence-corrected chi connectivity index (χ2v) is 8.49. The van der Waals surface area contributed by atoms with E-state index >= 15 is 0 Å². The first kappa shape index (κ1) is 21.3. The van der Waals surface area contributed by atoms with E-state index in [2.05, 4.69) is 15.1 Å². The molecule has 1 aliphatic heterocycles. The van der Waals surface area contributed by atoms with Gasteiger partial charge in [-0.2, -0.15) is 18.2 Å². The third-order valence-electron chi connectivity index (χ3n) is 5.36. The summed E-state index contributed by atoms with van der Waals surface area (Å²) < 4.78 is 50.1. The first-order valence-corrected chi connectivity index (χ1v) is 10.7. The predicted molar refractivity (Wildman–Crippen MR) is 111 cm³/mol. The Kier molecular flexibility index (Phi) is 5.04. The van der Waals surface area contributed by atoms with Gasteiger partial charge >= 0.3 is 12.1 Å². The van der Waals surface area contributed by atoms with E-state index in [4.69, 9.17) is 9.26 Å². The zero-order valence-corrected chi connectivity index (χ0v) is 17.9. The van der Waals surface area contributed by atoms with Gasteiger partial charge in [-0.1, -0.05) is 17.3 Å². The van der Waals surface area contributed by atoms with Gasteiger partial charge in [-0.3, -0.25) is 9.36 Å². The van der Waals surface area contributed by atoms with Crippen molar-refractivity contribution in [1.29, 1.82) is 0 Å². The highest BCUT2D eigenvalue weighted by atomic mass is 32.1. The molecule has 0 atom stereocenters. The number of carbonyl (C=O) groups excluding carboxylic acids is 1. The number of benzene rings is 1. The highest BCUT2D eigenvalue weighted by Crippen LogP contribution is 2.31. The lowest BCUT2D eigenvalue weighted by Gasteiger charge is -2.05. The van der Waals surface area contributed by atoms with Crippen LogP contribution >= 0.6 is 11.3 Å². The van der Waals surface area contributed by atoms with Crippen LogP contribution in [0.1, 0.15) is 38.9 Å². The summed E-state index contributed by atoms with van der Waals surface area (Å²) in [6.07, 6.45) is -2.85. The van der Waals surface area contributed by atoms with Crippen molar-refractivity contribution < 1.29 is 27.2 Å². The van der Waals surface area contributed by atoms with E-state index in [9.17, 15) is 22.8 Å². The van der Waals surface area contributed by atoms with Crippen molar-refractivity contribution in [2.24, 2.45) is 0 Å². The largest absolute Gasteiger partial charge is 0.451 e. The molecule has 170 valence electrons. The van der Waals surface area contributed by atoms with E-state index in [0.29, 0.717) is 27.9 Å². The monoisotopic (exact) mass is 476 g/mol. The van der Waals surface area contributed by atoms with Crippen LogP contribution in [0, 0.1) is 6.92 Å². The van der Waals surface area contributed by atoms with Gasteiger partial charge in [0.2, 0.25) is 5.82 Å². The quantitative estimate of drug-likeness (QED) is 0.408. The van der Waals surface area contributed by atoms with Crippen LogP contribution in [-0.4, -0.2) is 25.7 Å². The Labute approximate surface area is 187 Å². The van der Waals surface area contributed by atoms with E-state index < -0.39 is 17.7 Å². The number of esters is 1. The van der Waals surface area contributed by atoms with Crippen LogP contribution in [0.25, 0.3) is 21.6 Å². The van der Waals surface area contributed by atoms with Crippen molar-refractivity contribution in [2.75, 3.05) is 0 Å². The number of nitrogens with zero attached hydrogens (tertiary/aromatic N) is 4. The Balaban J connectivity index is 1.32. The minimum atomic E-state index is -4.44. The second-order valence-electron chi connectivity index (χ2n) is 7.49. The van der Waals surface area contributed by atoms with Gasteiger partial charge in [0.1, 0.15) is 15.5 Å². The summed E-state index contributed by atoms with van der Waals surface area (Å²) in [4.78, 5) is 34.7. The van der Waals surface area contributed by atoms with E-state index in [1.165, 1.54) is 12.1 Å². The molecule has 8 nitrogen and oxygen atoms in total. The van der Waals surface area contributed by atoms with Crippen LogP contribution < -0.4 is 5.56 Å². The SMILES string of the molecule is Cc1c(C(=O)OCc2nc(-c3ccc(C(F)(F)F)cc3)no2)sc2nc3n(c(=O)c12)CCC3. The van der Waals surface area contributed by atoms with Gasteiger partial charge < -0.3 is 9.26 Å².